The van der Waals surface area contributed by atoms with Crippen LogP contribution in [0.1, 0.15) is 22.4 Å². The molecule has 29 heavy (non-hydrogen) atoms. The van der Waals surface area contributed by atoms with Gasteiger partial charge >= 0.3 is 0 Å². The topological polar surface area (TPSA) is 71.0 Å². The number of hydrogen-bond donors (Lipinski definition) is 2. The normalized spacial score (nSPS) is 15.3. The van der Waals surface area contributed by atoms with Crippen LogP contribution in [0.5, 0.6) is 5.75 Å². The summed E-state index contributed by atoms with van der Waals surface area (Å²) in [6, 6.07) is 8.19. The summed E-state index contributed by atoms with van der Waals surface area (Å²) in [6.07, 6.45) is 2.97. The Morgan fingerprint density at radius 3 is 2.86 bits per heavy atom. The molecule has 1 aliphatic rings. The van der Waals surface area contributed by atoms with E-state index >= 15 is 0 Å². The van der Waals surface area contributed by atoms with Gasteiger partial charge in [-0.05, 0) is 24.1 Å². The third-order valence-electron chi connectivity index (χ3n) is 4.72. The fourth-order valence-corrected chi connectivity index (χ4v) is 3.82. The maximum Gasteiger partial charge on any atom is 0.191 e. The molecule has 0 amide bonds. The molecule has 1 fully saturated rings. The summed E-state index contributed by atoms with van der Waals surface area (Å²) in [5.74, 6) is 1.66. The van der Waals surface area contributed by atoms with E-state index in [4.69, 9.17) is 9.47 Å². The number of hydrogen-bond acceptors (Lipinski definition) is 6. The first-order valence-corrected chi connectivity index (χ1v) is 11.0. The molecule has 2 heterocycles. The minimum Gasteiger partial charge on any atom is -0.492 e. The van der Waals surface area contributed by atoms with Crippen molar-refractivity contribution in [1.29, 1.82) is 0 Å². The minimum absolute atomic E-state index is 0.676. The second-order valence-corrected chi connectivity index (χ2v) is 8.00. The van der Waals surface area contributed by atoms with Crippen molar-refractivity contribution in [2.75, 3.05) is 46.5 Å². The van der Waals surface area contributed by atoms with Crippen LogP contribution >= 0.6 is 11.3 Å². The van der Waals surface area contributed by atoms with Crippen molar-refractivity contribution in [3.8, 4) is 5.75 Å². The molecular formula is C21H31N5O2S. The number of thiazole rings is 1. The third kappa shape index (κ3) is 7.30. The molecule has 1 aromatic carbocycles. The molecule has 2 N–H and O–H groups in total. The van der Waals surface area contributed by atoms with Gasteiger partial charge in [0, 0.05) is 44.3 Å². The van der Waals surface area contributed by atoms with E-state index in [2.05, 4.69) is 44.6 Å². The van der Waals surface area contributed by atoms with E-state index in [1.807, 2.05) is 18.3 Å². The highest BCUT2D eigenvalue weighted by Crippen LogP contribution is 2.14. The van der Waals surface area contributed by atoms with Gasteiger partial charge in [-0.2, -0.15) is 0 Å². The summed E-state index contributed by atoms with van der Waals surface area (Å²) in [4.78, 5) is 12.4. The SMILES string of the molecule is CCc1cnc(CNC(=NC)NCc2cccc(OCCN3CCOCC3)c2)s1. The zero-order chi connectivity index (χ0) is 20.3. The van der Waals surface area contributed by atoms with Crippen molar-refractivity contribution in [3.05, 3.63) is 45.9 Å². The molecule has 0 spiro atoms. The third-order valence-corrected chi connectivity index (χ3v) is 5.86. The van der Waals surface area contributed by atoms with Crippen LogP contribution in [0, 0.1) is 0 Å². The van der Waals surface area contributed by atoms with E-state index in [-0.39, 0.29) is 0 Å². The van der Waals surface area contributed by atoms with Crippen molar-refractivity contribution in [2.24, 2.45) is 4.99 Å². The van der Waals surface area contributed by atoms with Gasteiger partial charge in [0.2, 0.25) is 0 Å². The van der Waals surface area contributed by atoms with E-state index in [0.29, 0.717) is 19.7 Å². The van der Waals surface area contributed by atoms with E-state index in [1.54, 1.807) is 18.4 Å². The Morgan fingerprint density at radius 1 is 1.28 bits per heavy atom. The summed E-state index contributed by atoms with van der Waals surface area (Å²) < 4.78 is 11.3. The number of nitrogens with zero attached hydrogens (tertiary/aromatic N) is 3. The molecule has 0 saturated carbocycles. The number of morpholine rings is 1. The molecule has 158 valence electrons. The number of aryl methyl sites for hydroxylation is 1. The lowest BCUT2D eigenvalue weighted by molar-refractivity contribution is 0.0322. The van der Waals surface area contributed by atoms with Gasteiger partial charge in [0.05, 0.1) is 19.8 Å². The zero-order valence-electron chi connectivity index (χ0n) is 17.3. The number of ether oxygens (including phenoxy) is 2. The van der Waals surface area contributed by atoms with Crippen LogP contribution in [0.2, 0.25) is 0 Å². The average molecular weight is 418 g/mol. The van der Waals surface area contributed by atoms with Crippen LogP contribution < -0.4 is 15.4 Å². The second-order valence-electron chi connectivity index (χ2n) is 6.80. The first kappa shape index (κ1) is 21.5. The van der Waals surface area contributed by atoms with Gasteiger partial charge in [-0.3, -0.25) is 9.89 Å². The number of aromatic nitrogens is 1. The maximum absolute atomic E-state index is 5.94. The molecule has 1 saturated heterocycles. The summed E-state index contributed by atoms with van der Waals surface area (Å²) in [5, 5.41) is 7.74. The Hall–Kier alpha value is -2.16. The Balaban J connectivity index is 1.41. The quantitative estimate of drug-likeness (QED) is 0.482. The molecule has 7 nitrogen and oxygen atoms in total. The number of benzene rings is 1. The highest BCUT2D eigenvalue weighted by atomic mass is 32.1. The predicted molar refractivity (Wildman–Crippen MR) is 118 cm³/mol. The summed E-state index contributed by atoms with van der Waals surface area (Å²) in [6.45, 7) is 8.73. The first-order chi connectivity index (χ1) is 14.3. The predicted octanol–water partition coefficient (Wildman–Crippen LogP) is 2.28. The van der Waals surface area contributed by atoms with Crippen molar-refractivity contribution < 1.29 is 9.47 Å². The van der Waals surface area contributed by atoms with Gasteiger partial charge in [0.25, 0.3) is 0 Å². The van der Waals surface area contributed by atoms with Crippen LogP contribution in [0.3, 0.4) is 0 Å². The lowest BCUT2D eigenvalue weighted by atomic mass is 10.2. The molecule has 0 radical (unpaired) electrons. The van der Waals surface area contributed by atoms with Crippen LogP contribution in [-0.4, -0.2) is 62.3 Å². The summed E-state index contributed by atoms with van der Waals surface area (Å²) >= 11 is 1.74. The van der Waals surface area contributed by atoms with E-state index in [1.165, 1.54) is 4.88 Å². The van der Waals surface area contributed by atoms with E-state index in [0.717, 1.165) is 61.5 Å². The van der Waals surface area contributed by atoms with Gasteiger partial charge in [0.15, 0.2) is 5.96 Å². The molecule has 0 unspecified atom stereocenters. The molecule has 1 aromatic heterocycles. The van der Waals surface area contributed by atoms with Crippen LogP contribution in [0.15, 0.2) is 35.5 Å². The molecule has 0 aliphatic carbocycles. The standard InChI is InChI=1S/C21H31N5O2S/c1-3-19-15-23-20(29-19)16-25-21(22-2)24-14-17-5-4-6-18(13-17)28-12-9-26-7-10-27-11-8-26/h4-6,13,15H,3,7-12,14,16H2,1-2H3,(H2,22,24,25). The van der Waals surface area contributed by atoms with Gasteiger partial charge in [-0.15, -0.1) is 11.3 Å². The Kier molecular flexibility index (Phi) is 8.73. The van der Waals surface area contributed by atoms with E-state index < -0.39 is 0 Å². The summed E-state index contributed by atoms with van der Waals surface area (Å²) in [5.41, 5.74) is 1.15. The molecule has 0 atom stereocenters. The highest BCUT2D eigenvalue weighted by Gasteiger charge is 2.10. The van der Waals surface area contributed by atoms with Crippen molar-refractivity contribution >= 4 is 17.3 Å². The number of guanidine groups is 1. The Bertz CT molecular complexity index is 774. The van der Waals surface area contributed by atoms with Crippen LogP contribution in [-0.2, 0) is 24.2 Å². The van der Waals surface area contributed by atoms with Crippen molar-refractivity contribution in [1.82, 2.24) is 20.5 Å². The van der Waals surface area contributed by atoms with Crippen molar-refractivity contribution in [3.63, 3.8) is 0 Å². The Morgan fingerprint density at radius 2 is 2.10 bits per heavy atom. The van der Waals surface area contributed by atoms with Crippen molar-refractivity contribution in [2.45, 2.75) is 26.4 Å². The summed E-state index contributed by atoms with van der Waals surface area (Å²) in [7, 11) is 1.78. The largest absolute Gasteiger partial charge is 0.492 e. The lowest BCUT2D eigenvalue weighted by Crippen LogP contribution is -2.38. The van der Waals surface area contributed by atoms with Gasteiger partial charge in [-0.1, -0.05) is 19.1 Å². The monoisotopic (exact) mass is 417 g/mol. The maximum atomic E-state index is 5.94. The highest BCUT2D eigenvalue weighted by molar-refractivity contribution is 7.11. The molecular weight excluding hydrogens is 386 g/mol. The lowest BCUT2D eigenvalue weighted by Gasteiger charge is -2.26. The molecule has 3 rings (SSSR count). The fourth-order valence-electron chi connectivity index (χ4n) is 3.02. The fraction of sp³-hybridized carbons (Fsp3) is 0.524. The smallest absolute Gasteiger partial charge is 0.191 e. The van der Waals surface area contributed by atoms with Gasteiger partial charge in [-0.25, -0.2) is 4.98 Å². The average Bonchev–Trinajstić information content (AvgIpc) is 3.23. The first-order valence-electron chi connectivity index (χ1n) is 10.2. The van der Waals surface area contributed by atoms with Gasteiger partial charge in [0.1, 0.15) is 17.4 Å². The second kappa shape index (κ2) is 11.7. The van der Waals surface area contributed by atoms with Gasteiger partial charge < -0.3 is 20.1 Å². The van der Waals surface area contributed by atoms with E-state index in [9.17, 15) is 0 Å². The molecule has 1 aliphatic heterocycles. The zero-order valence-corrected chi connectivity index (χ0v) is 18.1. The van der Waals surface area contributed by atoms with Crippen LogP contribution in [0.4, 0.5) is 0 Å². The molecule has 0 bridgehead atoms. The Labute approximate surface area is 177 Å². The van der Waals surface area contributed by atoms with Crippen LogP contribution in [0.25, 0.3) is 0 Å². The molecule has 8 heteroatoms. The number of nitrogens with one attached hydrogen (secondary N) is 2. The number of rotatable bonds is 9. The molecule has 2 aromatic rings. The minimum atomic E-state index is 0.676. The number of aliphatic imine (C=N–C) groups is 1.